The summed E-state index contributed by atoms with van der Waals surface area (Å²) in [4.78, 5) is 13.5. The third-order valence-corrected chi connectivity index (χ3v) is 2.51. The van der Waals surface area contributed by atoms with Gasteiger partial charge in [-0.05, 0) is 20.3 Å². The first-order valence-corrected chi connectivity index (χ1v) is 5.71. The Morgan fingerprint density at radius 1 is 1.20 bits per heavy atom. The molecule has 0 bridgehead atoms. The summed E-state index contributed by atoms with van der Waals surface area (Å²) in [6.07, 6.45) is 4.22. The van der Waals surface area contributed by atoms with Crippen LogP contribution in [0, 0.1) is 0 Å². The fourth-order valence-electron chi connectivity index (χ4n) is 1.51. The van der Waals surface area contributed by atoms with E-state index >= 15 is 0 Å². The molecule has 15 heavy (non-hydrogen) atoms. The number of rotatable bonds is 7. The summed E-state index contributed by atoms with van der Waals surface area (Å²) in [6, 6.07) is -0.290. The van der Waals surface area contributed by atoms with Gasteiger partial charge in [0.2, 0.25) is 5.91 Å². The molecule has 0 aromatic heterocycles. The maximum atomic E-state index is 11.7. The molecule has 0 saturated heterocycles. The zero-order valence-corrected chi connectivity index (χ0v) is 11.0. The Balaban J connectivity index is 0. The second-order valence-electron chi connectivity index (χ2n) is 3.61. The van der Waals surface area contributed by atoms with Crippen molar-refractivity contribution in [1.29, 1.82) is 0 Å². The molecule has 0 spiro atoms. The van der Waals surface area contributed by atoms with Gasteiger partial charge in [-0.1, -0.05) is 26.2 Å². The molecule has 1 amide bonds. The summed E-state index contributed by atoms with van der Waals surface area (Å²) < 4.78 is 0. The summed E-state index contributed by atoms with van der Waals surface area (Å²) in [7, 11) is 0. The predicted molar refractivity (Wildman–Crippen MR) is 67.3 cm³/mol. The van der Waals surface area contributed by atoms with Gasteiger partial charge in [0.25, 0.3) is 0 Å². The highest BCUT2D eigenvalue weighted by atomic mass is 35.5. The maximum Gasteiger partial charge on any atom is 0.239 e. The summed E-state index contributed by atoms with van der Waals surface area (Å²) in [5.74, 6) is 0.103. The summed E-state index contributed by atoms with van der Waals surface area (Å²) in [5.41, 5.74) is 5.82. The third kappa shape index (κ3) is 6.74. The SMILES string of the molecule is CCCCCC(N)C(=O)N(CC)CC.Cl. The molecule has 92 valence electrons. The number of unbranched alkanes of at least 4 members (excludes halogenated alkanes) is 2. The van der Waals surface area contributed by atoms with Crippen LogP contribution in [0.2, 0.25) is 0 Å². The molecule has 0 aliphatic heterocycles. The molecule has 0 aliphatic rings. The summed E-state index contributed by atoms with van der Waals surface area (Å²) >= 11 is 0. The van der Waals surface area contributed by atoms with Crippen LogP contribution in [0.5, 0.6) is 0 Å². The molecule has 0 aliphatic carbocycles. The number of nitrogens with two attached hydrogens (primary N) is 1. The monoisotopic (exact) mass is 236 g/mol. The summed E-state index contributed by atoms with van der Waals surface area (Å²) in [5, 5.41) is 0. The zero-order valence-electron chi connectivity index (χ0n) is 10.2. The van der Waals surface area contributed by atoms with Crippen LogP contribution in [0.1, 0.15) is 46.5 Å². The van der Waals surface area contributed by atoms with Gasteiger partial charge in [-0.2, -0.15) is 0 Å². The second-order valence-corrected chi connectivity index (χ2v) is 3.61. The van der Waals surface area contributed by atoms with Gasteiger partial charge in [-0.15, -0.1) is 12.4 Å². The van der Waals surface area contributed by atoms with Gasteiger partial charge in [0.05, 0.1) is 6.04 Å². The highest BCUT2D eigenvalue weighted by molar-refractivity contribution is 5.85. The van der Waals surface area contributed by atoms with Crippen molar-refractivity contribution >= 4 is 18.3 Å². The predicted octanol–water partition coefficient (Wildman–Crippen LogP) is 2.18. The van der Waals surface area contributed by atoms with E-state index in [0.717, 1.165) is 25.9 Å². The van der Waals surface area contributed by atoms with Crippen molar-refractivity contribution < 1.29 is 4.79 Å². The lowest BCUT2D eigenvalue weighted by atomic mass is 10.1. The first-order valence-electron chi connectivity index (χ1n) is 5.71. The van der Waals surface area contributed by atoms with E-state index in [4.69, 9.17) is 5.73 Å². The molecule has 0 aromatic rings. The fraction of sp³-hybridized carbons (Fsp3) is 0.909. The molecule has 0 radical (unpaired) electrons. The quantitative estimate of drug-likeness (QED) is 0.689. The van der Waals surface area contributed by atoms with Gasteiger partial charge in [0, 0.05) is 13.1 Å². The van der Waals surface area contributed by atoms with Crippen molar-refractivity contribution in [2.45, 2.75) is 52.5 Å². The minimum atomic E-state index is -0.290. The van der Waals surface area contributed by atoms with Crippen LogP contribution in [0.15, 0.2) is 0 Å². The topological polar surface area (TPSA) is 46.3 Å². The number of likely N-dealkylation sites (N-methyl/N-ethyl adjacent to an activating group) is 1. The van der Waals surface area contributed by atoms with Crippen molar-refractivity contribution in [3.8, 4) is 0 Å². The van der Waals surface area contributed by atoms with Crippen LogP contribution in [0.25, 0.3) is 0 Å². The molecule has 1 atom stereocenters. The van der Waals surface area contributed by atoms with E-state index in [1.165, 1.54) is 12.8 Å². The van der Waals surface area contributed by atoms with Crippen LogP contribution in [0.3, 0.4) is 0 Å². The normalized spacial score (nSPS) is 11.7. The number of nitrogens with zero attached hydrogens (tertiary/aromatic N) is 1. The third-order valence-electron chi connectivity index (χ3n) is 2.51. The molecule has 0 rings (SSSR count). The van der Waals surface area contributed by atoms with Crippen molar-refractivity contribution in [1.82, 2.24) is 4.90 Å². The fourth-order valence-corrected chi connectivity index (χ4v) is 1.51. The van der Waals surface area contributed by atoms with Gasteiger partial charge in [0.1, 0.15) is 0 Å². The van der Waals surface area contributed by atoms with Crippen molar-refractivity contribution in [3.63, 3.8) is 0 Å². The van der Waals surface area contributed by atoms with Gasteiger partial charge in [-0.3, -0.25) is 4.79 Å². The van der Waals surface area contributed by atoms with E-state index in [1.54, 1.807) is 4.90 Å². The first-order chi connectivity index (χ1) is 6.67. The van der Waals surface area contributed by atoms with E-state index < -0.39 is 0 Å². The minimum Gasteiger partial charge on any atom is -0.342 e. The summed E-state index contributed by atoms with van der Waals surface area (Å²) in [6.45, 7) is 7.64. The molecule has 0 heterocycles. The lowest BCUT2D eigenvalue weighted by Gasteiger charge is -2.22. The van der Waals surface area contributed by atoms with Gasteiger partial charge in [0.15, 0.2) is 0 Å². The van der Waals surface area contributed by atoms with Crippen molar-refractivity contribution in [3.05, 3.63) is 0 Å². The maximum absolute atomic E-state index is 11.7. The van der Waals surface area contributed by atoms with E-state index in [9.17, 15) is 4.79 Å². The smallest absolute Gasteiger partial charge is 0.239 e. The lowest BCUT2D eigenvalue weighted by Crippen LogP contribution is -2.43. The van der Waals surface area contributed by atoms with Crippen molar-refractivity contribution in [2.24, 2.45) is 5.73 Å². The molecular weight excluding hydrogens is 212 g/mol. The Labute approximate surface area is 99.8 Å². The first kappa shape index (κ1) is 17.1. The van der Waals surface area contributed by atoms with Gasteiger partial charge < -0.3 is 10.6 Å². The average molecular weight is 237 g/mol. The number of hydrogen-bond donors (Lipinski definition) is 1. The molecule has 3 nitrogen and oxygen atoms in total. The van der Waals surface area contributed by atoms with Gasteiger partial charge in [-0.25, -0.2) is 0 Å². The van der Waals surface area contributed by atoms with E-state index in [-0.39, 0.29) is 24.4 Å². The number of carbonyl (C=O) groups is 1. The number of amides is 1. The van der Waals surface area contributed by atoms with Crippen LogP contribution in [0.4, 0.5) is 0 Å². The largest absolute Gasteiger partial charge is 0.342 e. The molecule has 4 heteroatoms. The van der Waals surface area contributed by atoms with Crippen LogP contribution in [-0.2, 0) is 4.79 Å². The Kier molecular flexibility index (Phi) is 11.7. The van der Waals surface area contributed by atoms with E-state index in [1.807, 2.05) is 13.8 Å². The van der Waals surface area contributed by atoms with Crippen LogP contribution >= 0.6 is 12.4 Å². The van der Waals surface area contributed by atoms with E-state index in [2.05, 4.69) is 6.92 Å². The Morgan fingerprint density at radius 2 is 1.73 bits per heavy atom. The number of halogens is 1. The Bertz CT molecular complexity index is 161. The molecule has 2 N–H and O–H groups in total. The average Bonchev–Trinajstić information content (AvgIpc) is 2.19. The Hall–Kier alpha value is -0.280. The lowest BCUT2D eigenvalue weighted by molar-refractivity contribution is -0.132. The number of carbonyl (C=O) groups excluding carboxylic acids is 1. The number of hydrogen-bond acceptors (Lipinski definition) is 2. The standard InChI is InChI=1S/C11H24N2O.ClH/c1-4-7-8-9-10(12)11(14)13(5-2)6-3;/h10H,4-9,12H2,1-3H3;1H. The zero-order chi connectivity index (χ0) is 11.0. The van der Waals surface area contributed by atoms with Crippen molar-refractivity contribution in [2.75, 3.05) is 13.1 Å². The molecule has 0 aromatic carbocycles. The Morgan fingerprint density at radius 3 is 2.13 bits per heavy atom. The highest BCUT2D eigenvalue weighted by Crippen LogP contribution is 2.04. The van der Waals surface area contributed by atoms with Gasteiger partial charge >= 0.3 is 0 Å². The van der Waals surface area contributed by atoms with E-state index in [0.29, 0.717) is 0 Å². The minimum absolute atomic E-state index is 0. The van der Waals surface area contributed by atoms with Crippen LogP contribution in [-0.4, -0.2) is 29.9 Å². The second kappa shape index (κ2) is 10.2. The molecular formula is C11H25ClN2O. The van der Waals surface area contributed by atoms with Crippen LogP contribution < -0.4 is 5.73 Å². The molecule has 0 fully saturated rings. The molecule has 0 saturated carbocycles. The highest BCUT2D eigenvalue weighted by Gasteiger charge is 2.17. The molecule has 1 unspecified atom stereocenters.